The van der Waals surface area contributed by atoms with Gasteiger partial charge in [-0.15, -0.1) is 5.10 Å². The normalized spacial score (nSPS) is 10.9. The number of amides is 1. The number of nitrogens with zero attached hydrogens (tertiary/aromatic N) is 5. The van der Waals surface area contributed by atoms with Crippen LogP contribution in [-0.2, 0) is 16.6 Å². The molecule has 9 nitrogen and oxygen atoms in total. The van der Waals surface area contributed by atoms with Crippen LogP contribution in [0.1, 0.15) is 16.2 Å². The molecule has 1 N–H and O–H groups in total. The van der Waals surface area contributed by atoms with Crippen LogP contribution in [0.2, 0.25) is 0 Å². The van der Waals surface area contributed by atoms with Crippen molar-refractivity contribution in [2.75, 3.05) is 13.7 Å². The lowest BCUT2D eigenvalue weighted by molar-refractivity contribution is -0.134. The highest BCUT2D eigenvalue weighted by molar-refractivity contribution is 5.93. The van der Waals surface area contributed by atoms with Crippen molar-refractivity contribution in [1.82, 2.24) is 30.1 Å². The number of nitrogens with one attached hydrogen (secondary N) is 1. The number of aromatic nitrogens is 5. The van der Waals surface area contributed by atoms with Crippen LogP contribution in [0.15, 0.2) is 24.4 Å². The van der Waals surface area contributed by atoms with Crippen molar-refractivity contribution in [3.8, 4) is 5.82 Å². The molecule has 2 heterocycles. The van der Waals surface area contributed by atoms with Crippen LogP contribution in [0, 0.1) is 6.92 Å². The van der Waals surface area contributed by atoms with Crippen LogP contribution in [0.25, 0.3) is 5.82 Å². The number of carbonyl (C=O) groups is 2. The van der Waals surface area contributed by atoms with Crippen molar-refractivity contribution in [2.24, 2.45) is 7.05 Å². The maximum Gasteiger partial charge on any atom is 0.330 e. The van der Waals surface area contributed by atoms with Gasteiger partial charge in [-0.05, 0) is 6.92 Å². The molecule has 2 aromatic rings. The SMILES string of the molecule is COC(=O)/C=C/CNC(=O)c1nnn(-c2ccn(C)n2)c1C. The number of carbonyl (C=O) groups excluding carboxylic acids is 2. The summed E-state index contributed by atoms with van der Waals surface area (Å²) in [7, 11) is 3.07. The van der Waals surface area contributed by atoms with Gasteiger partial charge in [0.15, 0.2) is 11.5 Å². The Morgan fingerprint density at radius 2 is 2.23 bits per heavy atom. The van der Waals surface area contributed by atoms with Gasteiger partial charge in [0.25, 0.3) is 5.91 Å². The Morgan fingerprint density at radius 3 is 2.86 bits per heavy atom. The number of hydrogen-bond acceptors (Lipinski definition) is 6. The predicted octanol–water partition coefficient (Wildman–Crippen LogP) is -0.232. The van der Waals surface area contributed by atoms with E-state index in [2.05, 4.69) is 25.5 Å². The largest absolute Gasteiger partial charge is 0.466 e. The Morgan fingerprint density at radius 1 is 1.45 bits per heavy atom. The molecule has 0 aliphatic rings. The van der Waals surface area contributed by atoms with Crippen LogP contribution < -0.4 is 5.32 Å². The molecule has 0 aromatic carbocycles. The molecule has 0 atom stereocenters. The van der Waals surface area contributed by atoms with Gasteiger partial charge in [0.1, 0.15) is 0 Å². The van der Waals surface area contributed by atoms with E-state index in [9.17, 15) is 9.59 Å². The van der Waals surface area contributed by atoms with E-state index in [1.165, 1.54) is 23.9 Å². The Labute approximate surface area is 126 Å². The summed E-state index contributed by atoms with van der Waals surface area (Å²) >= 11 is 0. The molecular weight excluding hydrogens is 288 g/mol. The van der Waals surface area contributed by atoms with E-state index in [1.807, 2.05) is 0 Å². The van der Waals surface area contributed by atoms with Crippen LogP contribution in [0.4, 0.5) is 0 Å². The summed E-state index contributed by atoms with van der Waals surface area (Å²) in [6.45, 7) is 1.91. The van der Waals surface area contributed by atoms with Crippen molar-refractivity contribution < 1.29 is 14.3 Å². The van der Waals surface area contributed by atoms with E-state index in [0.29, 0.717) is 11.5 Å². The molecule has 0 aliphatic carbocycles. The first-order valence-corrected chi connectivity index (χ1v) is 6.48. The van der Waals surface area contributed by atoms with Crippen LogP contribution >= 0.6 is 0 Å². The van der Waals surface area contributed by atoms with E-state index in [0.717, 1.165) is 0 Å². The van der Waals surface area contributed by atoms with Gasteiger partial charge in [-0.2, -0.15) is 9.78 Å². The summed E-state index contributed by atoms with van der Waals surface area (Å²) < 4.78 is 7.56. The lowest BCUT2D eigenvalue weighted by Gasteiger charge is -2.01. The zero-order chi connectivity index (χ0) is 16.1. The molecule has 0 fully saturated rings. The van der Waals surface area contributed by atoms with Gasteiger partial charge >= 0.3 is 5.97 Å². The maximum atomic E-state index is 12.0. The lowest BCUT2D eigenvalue weighted by atomic mass is 10.3. The Kier molecular flexibility index (Phi) is 4.66. The second kappa shape index (κ2) is 6.66. The van der Waals surface area contributed by atoms with E-state index in [4.69, 9.17) is 0 Å². The molecule has 1 amide bonds. The lowest BCUT2D eigenvalue weighted by Crippen LogP contribution is -2.24. The van der Waals surface area contributed by atoms with Crippen molar-refractivity contribution in [3.63, 3.8) is 0 Å². The van der Waals surface area contributed by atoms with E-state index >= 15 is 0 Å². The van der Waals surface area contributed by atoms with Gasteiger partial charge in [-0.1, -0.05) is 11.3 Å². The van der Waals surface area contributed by atoms with Gasteiger partial charge < -0.3 is 10.1 Å². The number of esters is 1. The van der Waals surface area contributed by atoms with Crippen molar-refractivity contribution in [3.05, 3.63) is 35.8 Å². The fraction of sp³-hybridized carbons (Fsp3) is 0.308. The Balaban J connectivity index is 2.04. The third-order valence-electron chi connectivity index (χ3n) is 2.86. The van der Waals surface area contributed by atoms with Gasteiger partial charge in [0.05, 0.1) is 12.8 Å². The molecule has 0 saturated heterocycles. The highest BCUT2D eigenvalue weighted by Gasteiger charge is 2.17. The predicted molar refractivity (Wildman–Crippen MR) is 76.4 cm³/mol. The Bertz CT molecular complexity index is 715. The van der Waals surface area contributed by atoms with E-state index in [1.54, 1.807) is 30.9 Å². The summed E-state index contributed by atoms with van der Waals surface area (Å²) in [5.41, 5.74) is 0.783. The minimum Gasteiger partial charge on any atom is -0.466 e. The second-order valence-electron chi connectivity index (χ2n) is 4.42. The third kappa shape index (κ3) is 3.37. The third-order valence-corrected chi connectivity index (χ3v) is 2.86. The molecule has 0 aliphatic heterocycles. The first-order valence-electron chi connectivity index (χ1n) is 6.48. The summed E-state index contributed by atoms with van der Waals surface area (Å²) in [6, 6.07) is 1.77. The van der Waals surface area contributed by atoms with Crippen molar-refractivity contribution >= 4 is 11.9 Å². The first kappa shape index (κ1) is 15.4. The Hall–Kier alpha value is -2.97. The van der Waals surface area contributed by atoms with Gasteiger partial charge in [0, 0.05) is 31.9 Å². The summed E-state index contributed by atoms with van der Waals surface area (Å²) in [4.78, 5) is 22.9. The highest BCUT2D eigenvalue weighted by Crippen LogP contribution is 2.09. The quantitative estimate of drug-likeness (QED) is 0.604. The number of rotatable bonds is 5. The number of aryl methyl sites for hydroxylation is 1. The topological polar surface area (TPSA) is 104 Å². The average Bonchev–Trinajstić information content (AvgIpc) is 3.08. The fourth-order valence-corrected chi connectivity index (χ4v) is 1.73. The first-order chi connectivity index (χ1) is 10.5. The zero-order valence-corrected chi connectivity index (χ0v) is 12.5. The number of ether oxygens (including phenoxy) is 1. The van der Waals surface area contributed by atoms with Gasteiger partial charge in [-0.25, -0.2) is 4.79 Å². The summed E-state index contributed by atoms with van der Waals surface area (Å²) in [5.74, 6) is -0.280. The molecule has 0 saturated carbocycles. The highest BCUT2D eigenvalue weighted by atomic mass is 16.5. The van der Waals surface area contributed by atoms with Crippen LogP contribution in [0.3, 0.4) is 0 Å². The number of hydrogen-bond donors (Lipinski definition) is 1. The molecule has 9 heteroatoms. The fourth-order valence-electron chi connectivity index (χ4n) is 1.73. The van der Waals surface area contributed by atoms with Crippen molar-refractivity contribution in [2.45, 2.75) is 6.92 Å². The minimum absolute atomic E-state index is 0.184. The maximum absolute atomic E-state index is 12.0. The molecule has 0 radical (unpaired) electrons. The van der Waals surface area contributed by atoms with Gasteiger partial charge in [0.2, 0.25) is 0 Å². The molecule has 0 bridgehead atoms. The number of methoxy groups -OCH3 is 1. The van der Waals surface area contributed by atoms with E-state index < -0.39 is 5.97 Å². The molecule has 116 valence electrons. The van der Waals surface area contributed by atoms with Crippen LogP contribution in [0.5, 0.6) is 0 Å². The van der Waals surface area contributed by atoms with Crippen molar-refractivity contribution in [1.29, 1.82) is 0 Å². The molecule has 0 spiro atoms. The second-order valence-corrected chi connectivity index (χ2v) is 4.42. The van der Waals surface area contributed by atoms with Crippen LogP contribution in [-0.4, -0.2) is 50.3 Å². The summed E-state index contributed by atoms with van der Waals surface area (Å²) in [6.07, 6.45) is 4.49. The molecule has 22 heavy (non-hydrogen) atoms. The summed E-state index contributed by atoms with van der Waals surface area (Å²) in [5, 5.41) is 14.6. The smallest absolute Gasteiger partial charge is 0.330 e. The van der Waals surface area contributed by atoms with Gasteiger partial charge in [-0.3, -0.25) is 9.48 Å². The average molecular weight is 304 g/mol. The minimum atomic E-state index is -0.480. The standard InChI is InChI=1S/C13H16N6O3/c1-9-12(13(21)14-7-4-5-11(20)22-3)15-17-19(9)10-6-8-18(2)16-10/h4-6,8H,7H2,1-3H3,(H,14,21)/b5-4+. The molecule has 2 aromatic heterocycles. The molecular formula is C13H16N6O3. The molecule has 2 rings (SSSR count). The zero-order valence-electron chi connectivity index (χ0n) is 12.5. The molecule has 0 unspecified atom stereocenters. The monoisotopic (exact) mass is 304 g/mol. The van der Waals surface area contributed by atoms with E-state index in [-0.39, 0.29) is 18.1 Å².